The molecule has 3 heterocycles. The van der Waals surface area contributed by atoms with E-state index in [1.54, 1.807) is 12.2 Å². The quantitative estimate of drug-likeness (QED) is 0.0231. The molecule has 0 radical (unpaired) electrons. The van der Waals surface area contributed by atoms with E-state index in [-0.39, 0.29) is 12.3 Å². The Labute approximate surface area is 511 Å². The molecule has 3 saturated heterocycles. The molecule has 3 fully saturated rings. The highest BCUT2D eigenvalue weighted by atomic mass is 16.8. The number of amides is 1. The van der Waals surface area contributed by atoms with Crippen LogP contribution in [-0.2, 0) is 33.2 Å². The second kappa shape index (κ2) is 47.6. The third-order valence-electron chi connectivity index (χ3n) is 14.4. The Balaban J connectivity index is 1.40. The molecule has 3 aliphatic rings. The van der Waals surface area contributed by atoms with E-state index in [1.165, 1.54) is 0 Å². The molecule has 17 atom stereocenters. The van der Waals surface area contributed by atoms with Crippen LogP contribution in [0.2, 0.25) is 0 Å². The number of aliphatic hydroxyl groups excluding tert-OH is 11. The van der Waals surface area contributed by atoms with E-state index in [1.807, 2.05) is 0 Å². The molecule has 1 amide bonds. The van der Waals surface area contributed by atoms with Gasteiger partial charge in [-0.3, -0.25) is 4.79 Å². The van der Waals surface area contributed by atoms with Gasteiger partial charge in [-0.1, -0.05) is 173 Å². The highest BCUT2D eigenvalue weighted by Crippen LogP contribution is 2.33. The largest absolute Gasteiger partial charge is 0.394 e. The maximum absolute atomic E-state index is 13.3. The van der Waals surface area contributed by atoms with E-state index in [0.717, 1.165) is 103 Å². The third kappa shape index (κ3) is 30.3. The maximum Gasteiger partial charge on any atom is 0.220 e. The smallest absolute Gasteiger partial charge is 0.220 e. The van der Waals surface area contributed by atoms with Gasteiger partial charge in [0.05, 0.1) is 38.6 Å². The number of nitrogens with one attached hydrogen (secondary N) is 1. The number of hydrogen-bond donors (Lipinski definition) is 12. The van der Waals surface area contributed by atoms with E-state index in [0.29, 0.717) is 12.8 Å². The third-order valence-corrected chi connectivity index (χ3v) is 14.4. The highest BCUT2D eigenvalue weighted by Gasteiger charge is 2.53. The van der Waals surface area contributed by atoms with Crippen LogP contribution in [0.4, 0.5) is 0 Å². The van der Waals surface area contributed by atoms with Crippen molar-refractivity contribution >= 4 is 5.91 Å². The van der Waals surface area contributed by atoms with Gasteiger partial charge < -0.3 is 89.9 Å². The maximum atomic E-state index is 13.3. The molecule has 19 nitrogen and oxygen atoms in total. The van der Waals surface area contributed by atoms with Gasteiger partial charge in [0.25, 0.3) is 0 Å². The van der Waals surface area contributed by atoms with E-state index in [9.17, 15) is 61.0 Å². The van der Waals surface area contributed by atoms with E-state index >= 15 is 0 Å². The summed E-state index contributed by atoms with van der Waals surface area (Å²) in [5.41, 5.74) is 0. The molecular formula is C67H105NO18. The predicted molar refractivity (Wildman–Crippen MR) is 332 cm³/mol. The number of allylic oxidation sites excluding steroid dienone is 23. The Morgan fingerprint density at radius 3 is 1.26 bits per heavy atom. The first-order valence-electron chi connectivity index (χ1n) is 31.1. The zero-order chi connectivity index (χ0) is 62.6. The zero-order valence-corrected chi connectivity index (χ0v) is 50.7. The van der Waals surface area contributed by atoms with Crippen molar-refractivity contribution in [3.63, 3.8) is 0 Å². The summed E-state index contributed by atoms with van der Waals surface area (Å²) < 4.78 is 34.1. The van der Waals surface area contributed by atoms with Crippen LogP contribution in [0.25, 0.3) is 0 Å². The Bertz CT molecular complexity index is 2130. The molecule has 0 aromatic rings. The lowest BCUT2D eigenvalue weighted by molar-refractivity contribution is -0.379. The van der Waals surface area contributed by atoms with Crippen molar-refractivity contribution in [1.29, 1.82) is 0 Å². The fraction of sp³-hybridized carbons (Fsp3) is 0.627. The summed E-state index contributed by atoms with van der Waals surface area (Å²) in [7, 11) is 0. The minimum Gasteiger partial charge on any atom is -0.394 e. The molecule has 3 aliphatic heterocycles. The van der Waals surface area contributed by atoms with Gasteiger partial charge in [0, 0.05) is 6.42 Å². The molecule has 12 N–H and O–H groups in total. The molecule has 19 heteroatoms. The van der Waals surface area contributed by atoms with Crippen molar-refractivity contribution in [3.8, 4) is 0 Å². The number of carbonyl (C=O) groups excluding carboxylic acids is 1. The van der Waals surface area contributed by atoms with Gasteiger partial charge in [0.2, 0.25) is 5.91 Å². The second-order valence-electron chi connectivity index (χ2n) is 21.4. The molecule has 0 aromatic carbocycles. The fourth-order valence-electron chi connectivity index (χ4n) is 9.28. The average molecular weight is 1210 g/mol. The average Bonchev–Trinajstić information content (AvgIpc) is 3.55. The van der Waals surface area contributed by atoms with E-state index in [2.05, 4.69) is 153 Å². The van der Waals surface area contributed by atoms with Gasteiger partial charge >= 0.3 is 0 Å². The lowest BCUT2D eigenvalue weighted by Gasteiger charge is -2.48. The summed E-state index contributed by atoms with van der Waals surface area (Å²) in [6.45, 7) is 1.42. The SMILES string of the molecule is CC/C=C\C/C=C\C/C=C\C/C=C\C/C=C\C/C=C\C/C=C\C/C=C\C/C=C\C/C=C\CCCCC(=O)NC(COC1OC(CO)C(OC2OC(CO)C(OC3OC(CO)C(O)C(O)C3O)C(O)C2O)C(O)C1O)C(O)/C=C/CC/C=C/CCCC. The topological polar surface area (TPSA) is 307 Å². The first-order chi connectivity index (χ1) is 41.8. The number of unbranched alkanes of at least 4 members (excludes halogenated alkanes) is 5. The summed E-state index contributed by atoms with van der Waals surface area (Å²) >= 11 is 0. The van der Waals surface area contributed by atoms with Gasteiger partial charge in [-0.2, -0.15) is 0 Å². The summed E-state index contributed by atoms with van der Waals surface area (Å²) in [5, 5.41) is 120. The fourth-order valence-corrected chi connectivity index (χ4v) is 9.28. The van der Waals surface area contributed by atoms with Crippen LogP contribution in [0, 0.1) is 0 Å². The monoisotopic (exact) mass is 1210 g/mol. The first kappa shape index (κ1) is 75.9. The number of hydrogen-bond acceptors (Lipinski definition) is 18. The molecule has 17 unspecified atom stereocenters. The Morgan fingerprint density at radius 2 is 0.802 bits per heavy atom. The lowest BCUT2D eigenvalue weighted by Crippen LogP contribution is -2.66. The summed E-state index contributed by atoms with van der Waals surface area (Å²) in [4.78, 5) is 13.3. The van der Waals surface area contributed by atoms with Crippen LogP contribution in [0.5, 0.6) is 0 Å². The van der Waals surface area contributed by atoms with Crippen molar-refractivity contribution in [1.82, 2.24) is 5.32 Å². The van der Waals surface area contributed by atoms with Crippen LogP contribution < -0.4 is 5.32 Å². The zero-order valence-electron chi connectivity index (χ0n) is 50.7. The molecular weight excluding hydrogens is 1110 g/mol. The molecule has 0 bridgehead atoms. The summed E-state index contributed by atoms with van der Waals surface area (Å²) in [6.07, 6.45) is 40.2. The first-order valence-corrected chi connectivity index (χ1v) is 31.1. The van der Waals surface area contributed by atoms with Crippen molar-refractivity contribution in [3.05, 3.63) is 146 Å². The van der Waals surface area contributed by atoms with Gasteiger partial charge in [-0.05, 0) is 103 Å². The standard InChI is InChI=1S/C67H105NO18/c1-3-5-7-9-11-13-14-15-16-17-18-19-20-21-22-23-24-25-26-27-28-29-30-31-32-33-34-35-36-37-39-41-43-45-55(73)68-50(51(72)44-42-40-38-12-10-8-6-4-2)49-81-65-61(79)58(76)63(53(47-70)83-65)86-67-62(80)59(77)64(54(48-71)84-67)85-66-60(78)57(75)56(74)52(46-69)82-66/h5,7,10-13,15-16,18-19,21-22,24-25,27-28,30-31,33-34,36-37,42,44,50-54,56-67,69-72,74-80H,3-4,6,8-9,14,17,20,23,26,29,32,35,38-41,43,45-49H2,1-2H3,(H,68,73)/b7-5-,12-10+,13-11-,16-15-,19-18-,22-21-,25-24-,28-27-,31-30-,34-33-,37-36-,44-42+. The minimum absolute atomic E-state index is 0.168. The molecule has 3 rings (SSSR count). The van der Waals surface area contributed by atoms with Crippen LogP contribution >= 0.6 is 0 Å². The van der Waals surface area contributed by atoms with Crippen LogP contribution in [0.1, 0.15) is 136 Å². The van der Waals surface area contributed by atoms with Crippen LogP contribution in [0.15, 0.2) is 146 Å². The number of carbonyl (C=O) groups is 1. The molecule has 86 heavy (non-hydrogen) atoms. The van der Waals surface area contributed by atoms with E-state index in [4.69, 9.17) is 28.4 Å². The second-order valence-corrected chi connectivity index (χ2v) is 21.4. The lowest BCUT2D eigenvalue weighted by atomic mass is 9.96. The van der Waals surface area contributed by atoms with Crippen molar-refractivity contribution in [2.24, 2.45) is 0 Å². The van der Waals surface area contributed by atoms with Crippen LogP contribution in [0.3, 0.4) is 0 Å². The number of ether oxygens (including phenoxy) is 6. The molecule has 0 aromatic heterocycles. The highest BCUT2D eigenvalue weighted by molar-refractivity contribution is 5.76. The predicted octanol–water partition coefficient (Wildman–Crippen LogP) is 6.42. The van der Waals surface area contributed by atoms with Gasteiger partial charge in [-0.15, -0.1) is 0 Å². The number of aliphatic hydroxyl groups is 11. The summed E-state index contributed by atoms with van der Waals surface area (Å²) in [5.74, 6) is -0.340. The Hall–Kier alpha value is -4.33. The minimum atomic E-state index is -1.99. The Morgan fingerprint density at radius 1 is 0.430 bits per heavy atom. The molecule has 0 spiro atoms. The van der Waals surface area contributed by atoms with Crippen molar-refractivity contribution < 1.29 is 89.4 Å². The van der Waals surface area contributed by atoms with Crippen molar-refractivity contribution in [2.75, 3.05) is 26.4 Å². The molecule has 0 aliphatic carbocycles. The van der Waals surface area contributed by atoms with Gasteiger partial charge in [-0.25, -0.2) is 0 Å². The van der Waals surface area contributed by atoms with Crippen molar-refractivity contribution in [2.45, 2.75) is 240 Å². The van der Waals surface area contributed by atoms with Gasteiger partial charge in [0.15, 0.2) is 18.9 Å². The van der Waals surface area contributed by atoms with Crippen LogP contribution in [-0.4, -0.2) is 193 Å². The van der Waals surface area contributed by atoms with E-state index < -0.39 is 131 Å². The molecule has 0 saturated carbocycles. The number of rotatable bonds is 43. The molecule has 486 valence electrons. The Kier molecular flexibility index (Phi) is 42.1. The normalized spacial score (nSPS) is 29.8. The summed E-state index contributed by atoms with van der Waals surface area (Å²) in [6, 6.07) is -1.02. The van der Waals surface area contributed by atoms with Gasteiger partial charge in [0.1, 0.15) is 73.2 Å².